The van der Waals surface area contributed by atoms with Crippen LogP contribution < -0.4 is 10.2 Å². The van der Waals surface area contributed by atoms with Crippen LogP contribution >= 0.6 is 0 Å². The van der Waals surface area contributed by atoms with Crippen molar-refractivity contribution in [1.29, 1.82) is 5.26 Å². The molecule has 1 fully saturated rings. The van der Waals surface area contributed by atoms with E-state index < -0.39 is 12.3 Å². The van der Waals surface area contributed by atoms with Gasteiger partial charge in [-0.3, -0.25) is 4.79 Å². The van der Waals surface area contributed by atoms with Crippen molar-refractivity contribution >= 4 is 17.5 Å². The lowest BCUT2D eigenvalue weighted by molar-refractivity contribution is -0.131. The predicted molar refractivity (Wildman–Crippen MR) is 89.4 cm³/mol. The SMILES string of the molecule is C[C@@H]1CCN(C(=O)CC#N)C[C@@H]1N(C)c1ncnc2c1[C@H](O)[C@@H](O)N2. The lowest BCUT2D eigenvalue weighted by atomic mass is 9.91. The number of aliphatic hydroxyl groups excluding tert-OH is 2. The number of likely N-dealkylation sites (N-methyl/N-ethyl adjacent to an activating group) is 1. The van der Waals surface area contributed by atoms with Crippen LogP contribution in [0.15, 0.2) is 6.33 Å². The second-order valence-electron chi connectivity index (χ2n) is 6.61. The van der Waals surface area contributed by atoms with E-state index in [1.54, 1.807) is 4.90 Å². The summed E-state index contributed by atoms with van der Waals surface area (Å²) in [4.78, 5) is 24.1. The number of nitrogens with one attached hydrogen (secondary N) is 1. The van der Waals surface area contributed by atoms with Crippen LogP contribution in [0.3, 0.4) is 0 Å². The highest BCUT2D eigenvalue weighted by Crippen LogP contribution is 2.38. The van der Waals surface area contributed by atoms with Crippen LogP contribution in [0.25, 0.3) is 0 Å². The predicted octanol–water partition coefficient (Wildman–Crippen LogP) is -0.159. The fraction of sp³-hybridized carbons (Fsp3) is 0.625. The number of anilines is 2. The van der Waals surface area contributed by atoms with E-state index in [1.807, 2.05) is 18.0 Å². The molecule has 9 nitrogen and oxygen atoms in total. The standard InChI is InChI=1S/C16H22N6O3/c1-9-4-6-22(11(23)3-5-17)7-10(9)21(2)15-12-13(24)16(25)20-14(12)18-8-19-15/h8-10,13,16,24-25H,3-4,6-7H2,1-2H3,(H,18,19,20)/t9-,10+,13+,16-/m1/s1. The van der Waals surface area contributed by atoms with Crippen LogP contribution in [0.4, 0.5) is 11.6 Å². The van der Waals surface area contributed by atoms with Crippen molar-refractivity contribution in [3.63, 3.8) is 0 Å². The molecule has 1 aromatic rings. The van der Waals surface area contributed by atoms with Crippen molar-refractivity contribution in [2.24, 2.45) is 5.92 Å². The number of amides is 1. The monoisotopic (exact) mass is 346 g/mol. The van der Waals surface area contributed by atoms with Crippen molar-refractivity contribution in [2.75, 3.05) is 30.4 Å². The second-order valence-corrected chi connectivity index (χ2v) is 6.61. The summed E-state index contributed by atoms with van der Waals surface area (Å²) in [6.45, 7) is 3.23. The lowest BCUT2D eigenvalue weighted by Gasteiger charge is -2.42. The Bertz CT molecular complexity index is 706. The van der Waals surface area contributed by atoms with E-state index in [4.69, 9.17) is 5.26 Å². The van der Waals surface area contributed by atoms with Crippen molar-refractivity contribution < 1.29 is 15.0 Å². The van der Waals surface area contributed by atoms with Crippen molar-refractivity contribution in [3.05, 3.63) is 11.9 Å². The second kappa shape index (κ2) is 6.82. The smallest absolute Gasteiger partial charge is 0.236 e. The molecule has 3 heterocycles. The Balaban J connectivity index is 1.86. The van der Waals surface area contributed by atoms with Gasteiger partial charge in [0.2, 0.25) is 5.91 Å². The van der Waals surface area contributed by atoms with Gasteiger partial charge in [-0.05, 0) is 12.3 Å². The first-order chi connectivity index (χ1) is 11.9. The summed E-state index contributed by atoms with van der Waals surface area (Å²) in [7, 11) is 1.86. The highest BCUT2D eigenvalue weighted by Gasteiger charge is 2.38. The van der Waals surface area contributed by atoms with E-state index in [2.05, 4.69) is 22.2 Å². The minimum atomic E-state index is -1.11. The molecule has 0 unspecified atom stereocenters. The fourth-order valence-corrected chi connectivity index (χ4v) is 3.55. The average Bonchev–Trinajstić information content (AvgIpc) is 2.89. The summed E-state index contributed by atoms with van der Waals surface area (Å²) >= 11 is 0. The molecule has 0 radical (unpaired) electrons. The van der Waals surface area contributed by atoms with E-state index in [-0.39, 0.29) is 18.4 Å². The molecule has 4 atom stereocenters. The average molecular weight is 346 g/mol. The Kier molecular flexibility index (Phi) is 4.74. The number of rotatable bonds is 3. The van der Waals surface area contributed by atoms with Crippen molar-refractivity contribution in [1.82, 2.24) is 14.9 Å². The van der Waals surface area contributed by atoms with E-state index in [0.717, 1.165) is 6.42 Å². The molecule has 25 heavy (non-hydrogen) atoms. The first-order valence-corrected chi connectivity index (χ1v) is 8.29. The Labute approximate surface area is 145 Å². The Hall–Kier alpha value is -2.44. The van der Waals surface area contributed by atoms with Crippen LogP contribution in [0, 0.1) is 17.2 Å². The maximum absolute atomic E-state index is 12.1. The third kappa shape index (κ3) is 3.10. The maximum atomic E-state index is 12.1. The normalized spacial score (nSPS) is 28.0. The molecule has 0 aliphatic carbocycles. The van der Waals surface area contributed by atoms with Gasteiger partial charge in [-0.1, -0.05) is 6.92 Å². The van der Waals surface area contributed by atoms with Crippen LogP contribution in [0.2, 0.25) is 0 Å². The molecular weight excluding hydrogens is 324 g/mol. The van der Waals surface area contributed by atoms with Crippen molar-refractivity contribution in [2.45, 2.75) is 38.1 Å². The molecule has 0 bridgehead atoms. The number of fused-ring (bicyclic) bond motifs is 1. The van der Waals surface area contributed by atoms with Gasteiger partial charge < -0.3 is 25.3 Å². The van der Waals surface area contributed by atoms with E-state index in [1.165, 1.54) is 6.33 Å². The number of carbonyl (C=O) groups excluding carboxylic acids is 1. The number of aromatic nitrogens is 2. The third-order valence-electron chi connectivity index (χ3n) is 5.08. The topological polar surface area (TPSA) is 126 Å². The molecule has 0 spiro atoms. The number of hydrogen-bond acceptors (Lipinski definition) is 8. The third-order valence-corrected chi connectivity index (χ3v) is 5.08. The number of piperidine rings is 1. The van der Waals surface area contributed by atoms with Gasteiger partial charge in [0.25, 0.3) is 0 Å². The molecule has 0 aromatic carbocycles. The summed E-state index contributed by atoms with van der Waals surface area (Å²) in [5.74, 6) is 1.08. The first kappa shape index (κ1) is 17.4. The minimum absolute atomic E-state index is 0.0136. The maximum Gasteiger partial charge on any atom is 0.236 e. The summed E-state index contributed by atoms with van der Waals surface area (Å²) in [5, 5.41) is 31.5. The van der Waals surface area contributed by atoms with Gasteiger partial charge in [0.1, 0.15) is 30.5 Å². The molecule has 1 amide bonds. The Morgan fingerprint density at radius 3 is 3.00 bits per heavy atom. The Morgan fingerprint density at radius 1 is 1.52 bits per heavy atom. The van der Waals surface area contributed by atoms with E-state index in [0.29, 0.717) is 36.2 Å². The van der Waals surface area contributed by atoms with Crippen LogP contribution in [-0.2, 0) is 4.79 Å². The lowest BCUT2D eigenvalue weighted by Crippen LogP contribution is -2.53. The quantitative estimate of drug-likeness (QED) is 0.689. The highest BCUT2D eigenvalue weighted by molar-refractivity contribution is 5.78. The largest absolute Gasteiger partial charge is 0.383 e. The fourth-order valence-electron chi connectivity index (χ4n) is 3.55. The Morgan fingerprint density at radius 2 is 2.28 bits per heavy atom. The van der Waals surface area contributed by atoms with Gasteiger partial charge >= 0.3 is 0 Å². The minimum Gasteiger partial charge on any atom is -0.383 e. The van der Waals surface area contributed by atoms with Gasteiger partial charge in [0, 0.05) is 20.1 Å². The van der Waals surface area contributed by atoms with Crippen LogP contribution in [-0.4, -0.2) is 63.4 Å². The number of nitrogens with zero attached hydrogens (tertiary/aromatic N) is 5. The number of carbonyl (C=O) groups is 1. The zero-order chi connectivity index (χ0) is 18.1. The molecule has 1 saturated heterocycles. The number of aliphatic hydroxyl groups is 2. The van der Waals surface area contributed by atoms with Crippen molar-refractivity contribution in [3.8, 4) is 6.07 Å². The zero-order valence-electron chi connectivity index (χ0n) is 14.3. The highest BCUT2D eigenvalue weighted by atomic mass is 16.3. The summed E-state index contributed by atoms with van der Waals surface area (Å²) < 4.78 is 0. The molecule has 2 aliphatic heterocycles. The van der Waals surface area contributed by atoms with Gasteiger partial charge in [0.15, 0.2) is 6.23 Å². The van der Waals surface area contributed by atoms with Gasteiger partial charge in [-0.25, -0.2) is 9.97 Å². The molecule has 3 N–H and O–H groups in total. The summed E-state index contributed by atoms with van der Waals surface area (Å²) in [6.07, 6.45) is -0.139. The zero-order valence-corrected chi connectivity index (χ0v) is 14.3. The molecule has 2 aliphatic rings. The van der Waals surface area contributed by atoms with E-state index in [9.17, 15) is 15.0 Å². The molecule has 9 heteroatoms. The van der Waals surface area contributed by atoms with Gasteiger partial charge in [-0.2, -0.15) is 5.26 Å². The summed E-state index contributed by atoms with van der Waals surface area (Å²) in [6, 6.07) is 1.89. The molecule has 3 rings (SSSR count). The van der Waals surface area contributed by atoms with E-state index >= 15 is 0 Å². The molecular formula is C16H22N6O3. The molecule has 1 aromatic heterocycles. The summed E-state index contributed by atoms with van der Waals surface area (Å²) in [5.41, 5.74) is 0.463. The van der Waals surface area contributed by atoms with Crippen LogP contribution in [0.1, 0.15) is 31.4 Å². The van der Waals surface area contributed by atoms with Gasteiger partial charge in [0.05, 0.1) is 17.7 Å². The number of likely N-dealkylation sites (tertiary alicyclic amines) is 1. The first-order valence-electron chi connectivity index (χ1n) is 8.29. The number of nitriles is 1. The van der Waals surface area contributed by atoms with Crippen LogP contribution in [0.5, 0.6) is 0 Å². The molecule has 134 valence electrons. The molecule has 0 saturated carbocycles. The van der Waals surface area contributed by atoms with Gasteiger partial charge in [-0.15, -0.1) is 0 Å². The number of hydrogen-bond donors (Lipinski definition) is 3.